The van der Waals surface area contributed by atoms with E-state index in [0.717, 1.165) is 5.56 Å². The average Bonchev–Trinajstić information content (AvgIpc) is 3.27. The van der Waals surface area contributed by atoms with Gasteiger partial charge in [0.05, 0.1) is 10.9 Å². The van der Waals surface area contributed by atoms with Crippen LogP contribution in [0.2, 0.25) is 5.02 Å². The Morgan fingerprint density at radius 1 is 1.18 bits per heavy atom. The van der Waals surface area contributed by atoms with Gasteiger partial charge in [-0.1, -0.05) is 23.7 Å². The lowest BCUT2D eigenvalue weighted by molar-refractivity contribution is -0.117. The molecule has 0 spiro atoms. The van der Waals surface area contributed by atoms with E-state index >= 15 is 0 Å². The first-order chi connectivity index (χ1) is 18.1. The highest BCUT2D eigenvalue weighted by atomic mass is 35.5. The van der Waals surface area contributed by atoms with Crippen molar-refractivity contribution in [1.29, 1.82) is 0 Å². The van der Waals surface area contributed by atoms with E-state index in [1.54, 1.807) is 47.0 Å². The fraction of sp³-hybridized carbons (Fsp3) is 0.400. The van der Waals surface area contributed by atoms with Crippen LogP contribution in [-0.2, 0) is 28.7 Å². The van der Waals surface area contributed by atoms with Crippen molar-refractivity contribution in [3.05, 3.63) is 64.1 Å². The summed E-state index contributed by atoms with van der Waals surface area (Å²) < 4.78 is 13.5. The number of aromatic nitrogens is 3. The molecule has 2 N–H and O–H groups in total. The molecule has 0 radical (unpaired) electrons. The quantitative estimate of drug-likeness (QED) is 0.404. The second kappa shape index (κ2) is 10.2. The lowest BCUT2D eigenvalue weighted by atomic mass is 10.2. The monoisotopic (exact) mass is 574 g/mol. The predicted molar refractivity (Wildman–Crippen MR) is 146 cm³/mol. The van der Waals surface area contributed by atoms with E-state index in [0.29, 0.717) is 48.3 Å². The second-order valence-corrected chi connectivity index (χ2v) is 13.7. The Morgan fingerprint density at radius 3 is 2.58 bits per heavy atom. The maximum Gasteiger partial charge on any atom is 0.287 e. The molecule has 13 heteroatoms. The number of thiazole rings is 1. The molecular formula is C25H27ClN6O4S2. The topological polar surface area (TPSA) is 126 Å². The summed E-state index contributed by atoms with van der Waals surface area (Å²) in [5, 5.41) is 8.40. The molecule has 1 atom stereocenters. The molecule has 2 aliphatic rings. The van der Waals surface area contributed by atoms with Crippen LogP contribution < -0.4 is 10.6 Å². The molecule has 3 aromatic rings. The van der Waals surface area contributed by atoms with Crippen LogP contribution in [-0.4, -0.2) is 63.9 Å². The number of hydrogen-bond donors (Lipinski definition) is 2. The second-order valence-electron chi connectivity index (χ2n) is 9.91. The van der Waals surface area contributed by atoms with Crippen LogP contribution >= 0.6 is 22.9 Å². The SMILES string of the molecule is CC(C)(C(=O)Nc1nccs1)S(=O)C1(CN2CCn3c(cnc3C(=O)NCc3ccc(Cl)cc3)C2=O)CC1. The Morgan fingerprint density at radius 2 is 1.92 bits per heavy atom. The largest absolute Gasteiger partial charge is 0.345 e. The van der Waals surface area contributed by atoms with Crippen LogP contribution in [0.15, 0.2) is 42.0 Å². The van der Waals surface area contributed by atoms with Crippen molar-refractivity contribution in [1.82, 2.24) is 24.8 Å². The zero-order valence-corrected chi connectivity index (χ0v) is 23.3. The minimum atomic E-state index is -1.54. The third kappa shape index (κ3) is 5.12. The number of hydrogen-bond acceptors (Lipinski definition) is 7. The summed E-state index contributed by atoms with van der Waals surface area (Å²) >= 11 is 7.20. The fourth-order valence-electron chi connectivity index (χ4n) is 4.50. The van der Waals surface area contributed by atoms with Crippen LogP contribution in [0.4, 0.5) is 5.13 Å². The standard InChI is InChI=1S/C25H27ClN6O4S2/c1-24(2,22(35)30-23-27-9-12-37-23)38(36)25(7-8-25)15-31-10-11-32-18(21(31)34)14-28-19(32)20(33)29-13-16-3-5-17(26)6-4-16/h3-6,9,12,14H,7-8,10-11,13,15H2,1-2H3,(H,29,33)(H,27,30,35). The van der Waals surface area contributed by atoms with Gasteiger partial charge < -0.3 is 20.1 Å². The van der Waals surface area contributed by atoms with Gasteiger partial charge in [0.1, 0.15) is 10.4 Å². The number of nitrogens with zero attached hydrogens (tertiary/aromatic N) is 4. The number of carbonyl (C=O) groups is 3. The fourth-order valence-corrected chi connectivity index (χ4v) is 7.20. The van der Waals surface area contributed by atoms with Crippen molar-refractivity contribution >= 4 is 56.6 Å². The molecule has 1 aromatic carbocycles. The number of nitrogens with one attached hydrogen (secondary N) is 2. The van der Waals surface area contributed by atoms with Gasteiger partial charge >= 0.3 is 0 Å². The summed E-state index contributed by atoms with van der Waals surface area (Å²) in [6.45, 7) is 4.64. The van der Waals surface area contributed by atoms with Crippen LogP contribution in [0.25, 0.3) is 0 Å². The van der Waals surface area contributed by atoms with E-state index in [2.05, 4.69) is 20.6 Å². The van der Waals surface area contributed by atoms with Crippen LogP contribution in [0.1, 0.15) is 53.4 Å². The van der Waals surface area contributed by atoms with Crippen LogP contribution in [0, 0.1) is 0 Å². The maximum atomic E-state index is 13.7. The molecule has 0 bridgehead atoms. The third-order valence-electron chi connectivity index (χ3n) is 6.87. The molecule has 38 heavy (non-hydrogen) atoms. The van der Waals surface area contributed by atoms with Crippen LogP contribution in [0.3, 0.4) is 0 Å². The number of fused-ring (bicyclic) bond motifs is 1. The summed E-state index contributed by atoms with van der Waals surface area (Å²) in [5.41, 5.74) is 1.21. The number of carbonyl (C=O) groups excluding carboxylic acids is 3. The first-order valence-corrected chi connectivity index (χ1v) is 14.5. The highest BCUT2D eigenvalue weighted by Gasteiger charge is 2.57. The zero-order valence-electron chi connectivity index (χ0n) is 20.9. The number of imidazole rings is 1. The summed E-state index contributed by atoms with van der Waals surface area (Å²) in [7, 11) is -1.54. The predicted octanol–water partition coefficient (Wildman–Crippen LogP) is 3.08. The van der Waals surface area contributed by atoms with E-state index < -0.39 is 20.3 Å². The van der Waals surface area contributed by atoms with Gasteiger partial charge in [-0.25, -0.2) is 9.97 Å². The number of rotatable bonds is 9. The molecule has 1 saturated carbocycles. The molecule has 1 aliphatic heterocycles. The Balaban J connectivity index is 1.24. The molecule has 1 unspecified atom stereocenters. The number of halogens is 1. The third-order valence-corrected chi connectivity index (χ3v) is 10.2. The van der Waals surface area contributed by atoms with E-state index in [-0.39, 0.29) is 30.1 Å². The molecule has 1 aliphatic carbocycles. The van der Waals surface area contributed by atoms with E-state index in [1.165, 1.54) is 17.5 Å². The Kier molecular flexibility index (Phi) is 7.14. The zero-order chi connectivity index (χ0) is 27.1. The summed E-state index contributed by atoms with van der Waals surface area (Å²) in [5.74, 6) is -0.838. The van der Waals surface area contributed by atoms with Gasteiger partial charge in [0, 0.05) is 53.6 Å². The van der Waals surface area contributed by atoms with Crippen LogP contribution in [0.5, 0.6) is 0 Å². The van der Waals surface area contributed by atoms with Crippen molar-refractivity contribution in [2.24, 2.45) is 0 Å². The highest BCUT2D eigenvalue weighted by molar-refractivity contribution is 7.89. The lowest BCUT2D eigenvalue weighted by Gasteiger charge is -2.34. The van der Waals surface area contributed by atoms with Gasteiger partial charge in [0.15, 0.2) is 11.0 Å². The minimum absolute atomic E-state index is 0.173. The van der Waals surface area contributed by atoms with Crippen molar-refractivity contribution in [2.45, 2.75) is 49.3 Å². The van der Waals surface area contributed by atoms with E-state index in [4.69, 9.17) is 11.6 Å². The normalized spacial score (nSPS) is 17.0. The van der Waals surface area contributed by atoms with Crippen molar-refractivity contribution in [2.75, 3.05) is 18.4 Å². The molecule has 200 valence electrons. The number of anilines is 1. The average molecular weight is 575 g/mol. The molecule has 5 rings (SSSR count). The molecule has 1 fully saturated rings. The number of amides is 3. The summed E-state index contributed by atoms with van der Waals surface area (Å²) in [6, 6.07) is 7.16. The van der Waals surface area contributed by atoms with Gasteiger partial charge in [-0.2, -0.15) is 0 Å². The van der Waals surface area contributed by atoms with Gasteiger partial charge in [-0.05, 0) is 44.4 Å². The minimum Gasteiger partial charge on any atom is -0.345 e. The Labute approximate surface area is 231 Å². The summed E-state index contributed by atoms with van der Waals surface area (Å²) in [6.07, 6.45) is 4.32. The first kappa shape index (κ1) is 26.5. The van der Waals surface area contributed by atoms with E-state index in [9.17, 15) is 18.6 Å². The molecule has 0 saturated heterocycles. The van der Waals surface area contributed by atoms with Gasteiger partial charge in [0.25, 0.3) is 11.8 Å². The molecule has 2 aromatic heterocycles. The molecular weight excluding hydrogens is 548 g/mol. The molecule has 10 nitrogen and oxygen atoms in total. The van der Waals surface area contributed by atoms with E-state index in [1.807, 2.05) is 12.1 Å². The van der Waals surface area contributed by atoms with Crippen molar-refractivity contribution in [3.8, 4) is 0 Å². The highest BCUT2D eigenvalue weighted by Crippen LogP contribution is 2.47. The molecule has 3 amide bonds. The summed E-state index contributed by atoms with van der Waals surface area (Å²) in [4.78, 5) is 49.0. The lowest BCUT2D eigenvalue weighted by Crippen LogP contribution is -2.51. The van der Waals surface area contributed by atoms with Crippen molar-refractivity contribution < 1.29 is 18.6 Å². The first-order valence-electron chi connectivity index (χ1n) is 12.1. The number of benzene rings is 1. The van der Waals surface area contributed by atoms with Gasteiger partial charge in [-0.3, -0.25) is 18.6 Å². The molecule has 3 heterocycles. The van der Waals surface area contributed by atoms with Crippen molar-refractivity contribution in [3.63, 3.8) is 0 Å². The maximum absolute atomic E-state index is 13.7. The smallest absolute Gasteiger partial charge is 0.287 e. The van der Waals surface area contributed by atoms with Gasteiger partial charge in [-0.15, -0.1) is 11.3 Å². The van der Waals surface area contributed by atoms with Gasteiger partial charge in [0.2, 0.25) is 5.91 Å². The Hall–Kier alpha value is -3.09. The Bertz CT molecular complexity index is 1400.